The number of aliphatic carboxylic acids is 1. The van der Waals surface area contributed by atoms with Gasteiger partial charge in [0.15, 0.2) is 0 Å². The van der Waals surface area contributed by atoms with Gasteiger partial charge >= 0.3 is 11.9 Å². The molecule has 0 atom stereocenters. The van der Waals surface area contributed by atoms with Crippen molar-refractivity contribution in [3.63, 3.8) is 0 Å². The minimum Gasteiger partial charge on any atom is -0.481 e. The van der Waals surface area contributed by atoms with E-state index in [1.165, 1.54) is 6.26 Å². The van der Waals surface area contributed by atoms with E-state index in [9.17, 15) is 9.59 Å². The number of rotatable bonds is 12. The topological polar surface area (TPSA) is 63.6 Å². The highest BCUT2D eigenvalue weighted by Crippen LogP contribution is 2.10. The third-order valence-corrected chi connectivity index (χ3v) is 2.74. The van der Waals surface area contributed by atoms with E-state index in [0.29, 0.717) is 6.42 Å². The van der Waals surface area contributed by atoms with Crippen molar-refractivity contribution in [2.75, 3.05) is 0 Å². The lowest BCUT2D eigenvalue weighted by Gasteiger charge is -2.01. The van der Waals surface area contributed by atoms with Crippen molar-refractivity contribution in [3.05, 3.63) is 12.8 Å². The first-order chi connectivity index (χ1) is 8.66. The average Bonchev–Trinajstić information content (AvgIpc) is 2.31. The summed E-state index contributed by atoms with van der Waals surface area (Å²) in [6.07, 6.45) is 10.1. The molecule has 0 heterocycles. The molecule has 0 rings (SSSR count). The van der Waals surface area contributed by atoms with Crippen LogP contribution in [0.15, 0.2) is 12.8 Å². The summed E-state index contributed by atoms with van der Waals surface area (Å²) in [4.78, 5) is 21.2. The number of hydrogen-bond donors (Lipinski definition) is 1. The summed E-state index contributed by atoms with van der Waals surface area (Å²) >= 11 is 0. The van der Waals surface area contributed by atoms with Gasteiger partial charge in [0.2, 0.25) is 0 Å². The largest absolute Gasteiger partial charge is 0.481 e. The molecule has 0 saturated carbocycles. The Morgan fingerprint density at radius 2 is 1.33 bits per heavy atom. The molecule has 0 spiro atoms. The standard InChI is InChI=1S/C14H24O4/c1-2-18-14(17)12-10-8-6-4-3-5-7-9-11-13(15)16/h2H,1,3-12H2,(H,15,16). The quantitative estimate of drug-likeness (QED) is 0.329. The highest BCUT2D eigenvalue weighted by atomic mass is 16.5. The lowest BCUT2D eigenvalue weighted by atomic mass is 10.1. The molecule has 104 valence electrons. The van der Waals surface area contributed by atoms with E-state index in [2.05, 4.69) is 11.3 Å². The Morgan fingerprint density at radius 3 is 1.78 bits per heavy atom. The highest BCUT2D eigenvalue weighted by molar-refractivity contribution is 5.69. The second kappa shape index (κ2) is 12.1. The number of carbonyl (C=O) groups excluding carboxylic acids is 1. The van der Waals surface area contributed by atoms with Gasteiger partial charge in [-0.25, -0.2) is 0 Å². The number of hydrogen-bond acceptors (Lipinski definition) is 3. The van der Waals surface area contributed by atoms with Crippen LogP contribution < -0.4 is 0 Å². The van der Waals surface area contributed by atoms with Crippen LogP contribution in [-0.2, 0) is 14.3 Å². The van der Waals surface area contributed by atoms with Crippen LogP contribution in [0, 0.1) is 0 Å². The van der Waals surface area contributed by atoms with Gasteiger partial charge in [0.25, 0.3) is 0 Å². The molecule has 0 amide bonds. The second-order valence-electron chi connectivity index (χ2n) is 4.38. The van der Waals surface area contributed by atoms with E-state index in [0.717, 1.165) is 51.4 Å². The number of unbranched alkanes of at least 4 members (excludes halogenated alkanes) is 7. The molecule has 4 heteroatoms. The Morgan fingerprint density at radius 1 is 0.889 bits per heavy atom. The zero-order valence-corrected chi connectivity index (χ0v) is 11.0. The van der Waals surface area contributed by atoms with Gasteiger partial charge in [-0.05, 0) is 12.8 Å². The molecule has 0 aliphatic rings. The first-order valence-electron chi connectivity index (χ1n) is 6.69. The van der Waals surface area contributed by atoms with Crippen molar-refractivity contribution < 1.29 is 19.4 Å². The normalized spacial score (nSPS) is 10.0. The number of carbonyl (C=O) groups is 2. The van der Waals surface area contributed by atoms with Crippen LogP contribution in [0.5, 0.6) is 0 Å². The van der Waals surface area contributed by atoms with Gasteiger partial charge in [0.05, 0.1) is 6.26 Å². The van der Waals surface area contributed by atoms with Crippen LogP contribution in [0.25, 0.3) is 0 Å². The molecular formula is C14H24O4. The van der Waals surface area contributed by atoms with E-state index in [1.54, 1.807) is 0 Å². The maximum absolute atomic E-state index is 11.0. The van der Waals surface area contributed by atoms with E-state index in [1.807, 2.05) is 0 Å². The first kappa shape index (κ1) is 16.7. The summed E-state index contributed by atoms with van der Waals surface area (Å²) < 4.78 is 4.61. The van der Waals surface area contributed by atoms with Crippen LogP contribution in [0.1, 0.15) is 64.2 Å². The Bertz CT molecular complexity index is 248. The SMILES string of the molecule is C=COC(=O)CCCCCCCCCCC(=O)O. The smallest absolute Gasteiger partial charge is 0.310 e. The van der Waals surface area contributed by atoms with Gasteiger partial charge in [0.1, 0.15) is 0 Å². The van der Waals surface area contributed by atoms with Crippen molar-refractivity contribution >= 4 is 11.9 Å². The predicted octanol–water partition coefficient (Wildman–Crippen LogP) is 3.66. The fourth-order valence-corrected chi connectivity index (χ4v) is 1.76. The molecule has 0 aliphatic carbocycles. The summed E-state index contributed by atoms with van der Waals surface area (Å²) in [5.74, 6) is -0.917. The van der Waals surface area contributed by atoms with E-state index < -0.39 is 5.97 Å². The van der Waals surface area contributed by atoms with Crippen LogP contribution in [0.4, 0.5) is 0 Å². The summed E-state index contributed by atoms with van der Waals surface area (Å²) in [6, 6.07) is 0. The molecule has 4 nitrogen and oxygen atoms in total. The average molecular weight is 256 g/mol. The van der Waals surface area contributed by atoms with Gasteiger partial charge < -0.3 is 9.84 Å². The highest BCUT2D eigenvalue weighted by Gasteiger charge is 2.00. The van der Waals surface area contributed by atoms with Crippen LogP contribution in [-0.4, -0.2) is 17.0 Å². The maximum Gasteiger partial charge on any atom is 0.310 e. The molecule has 0 aromatic carbocycles. The number of esters is 1. The first-order valence-corrected chi connectivity index (χ1v) is 6.69. The predicted molar refractivity (Wildman–Crippen MR) is 70.1 cm³/mol. The Hall–Kier alpha value is -1.32. The molecule has 0 fully saturated rings. The number of carboxylic acids is 1. The molecule has 0 bridgehead atoms. The third-order valence-electron chi connectivity index (χ3n) is 2.74. The number of ether oxygens (including phenoxy) is 1. The molecule has 0 radical (unpaired) electrons. The molecule has 0 unspecified atom stereocenters. The molecular weight excluding hydrogens is 232 g/mol. The van der Waals surface area contributed by atoms with Gasteiger partial charge in [-0.2, -0.15) is 0 Å². The Kier molecular flexibility index (Phi) is 11.3. The third kappa shape index (κ3) is 12.7. The fraction of sp³-hybridized carbons (Fsp3) is 0.714. The molecule has 0 aromatic rings. The molecule has 0 aliphatic heterocycles. The molecule has 0 aromatic heterocycles. The second-order valence-corrected chi connectivity index (χ2v) is 4.38. The van der Waals surface area contributed by atoms with Gasteiger partial charge in [-0.3, -0.25) is 9.59 Å². The number of carboxylic acid groups (broad SMARTS) is 1. The van der Waals surface area contributed by atoms with Gasteiger partial charge in [-0.1, -0.05) is 45.1 Å². The van der Waals surface area contributed by atoms with Crippen LogP contribution in [0.3, 0.4) is 0 Å². The molecule has 1 N–H and O–H groups in total. The Labute approximate surface area is 109 Å². The Balaban J connectivity index is 3.09. The summed E-state index contributed by atoms with van der Waals surface area (Å²) in [5, 5.41) is 8.45. The van der Waals surface area contributed by atoms with Crippen molar-refractivity contribution in [1.82, 2.24) is 0 Å². The summed E-state index contributed by atoms with van der Waals surface area (Å²) in [6.45, 7) is 3.32. The van der Waals surface area contributed by atoms with Gasteiger partial charge in [-0.15, -0.1) is 0 Å². The van der Waals surface area contributed by atoms with Crippen LogP contribution >= 0.6 is 0 Å². The minimum absolute atomic E-state index is 0.210. The van der Waals surface area contributed by atoms with E-state index in [-0.39, 0.29) is 12.4 Å². The van der Waals surface area contributed by atoms with E-state index in [4.69, 9.17) is 5.11 Å². The zero-order valence-electron chi connectivity index (χ0n) is 11.0. The fourth-order valence-electron chi connectivity index (χ4n) is 1.76. The van der Waals surface area contributed by atoms with Gasteiger partial charge in [0, 0.05) is 12.8 Å². The summed E-state index contributed by atoms with van der Waals surface area (Å²) in [7, 11) is 0. The monoisotopic (exact) mass is 256 g/mol. The van der Waals surface area contributed by atoms with E-state index >= 15 is 0 Å². The molecule has 18 heavy (non-hydrogen) atoms. The maximum atomic E-state index is 11.0. The van der Waals surface area contributed by atoms with Crippen molar-refractivity contribution in [1.29, 1.82) is 0 Å². The van der Waals surface area contributed by atoms with Crippen molar-refractivity contribution in [3.8, 4) is 0 Å². The lowest BCUT2D eigenvalue weighted by molar-refractivity contribution is -0.138. The van der Waals surface area contributed by atoms with Crippen LogP contribution in [0.2, 0.25) is 0 Å². The minimum atomic E-state index is -0.707. The summed E-state index contributed by atoms with van der Waals surface area (Å²) in [5.41, 5.74) is 0. The van der Waals surface area contributed by atoms with Crippen molar-refractivity contribution in [2.24, 2.45) is 0 Å². The zero-order chi connectivity index (χ0) is 13.6. The lowest BCUT2D eigenvalue weighted by Crippen LogP contribution is -1.98. The molecule has 0 saturated heterocycles. The van der Waals surface area contributed by atoms with Crippen molar-refractivity contribution in [2.45, 2.75) is 64.2 Å².